The van der Waals surface area contributed by atoms with Gasteiger partial charge >= 0.3 is 6.09 Å². The third-order valence-corrected chi connectivity index (χ3v) is 5.69. The topological polar surface area (TPSA) is 105 Å². The summed E-state index contributed by atoms with van der Waals surface area (Å²) < 4.78 is 32.0. The minimum atomic E-state index is -3.55. The van der Waals surface area contributed by atoms with E-state index in [1.54, 1.807) is 19.1 Å². The summed E-state index contributed by atoms with van der Waals surface area (Å²) in [5.74, 6) is -0.195. The van der Waals surface area contributed by atoms with E-state index in [4.69, 9.17) is 4.74 Å². The Morgan fingerprint density at radius 3 is 2.83 bits per heavy atom. The maximum absolute atomic E-state index is 12.1. The number of ether oxygens (including phenoxy) is 1. The fourth-order valence-corrected chi connectivity index (χ4v) is 4.21. The predicted octanol–water partition coefficient (Wildman–Crippen LogP) is 0.371. The summed E-state index contributed by atoms with van der Waals surface area (Å²) in [7, 11) is -3.55. The Morgan fingerprint density at radius 1 is 1.42 bits per heavy atom. The maximum Gasteiger partial charge on any atom is 0.415 e. The number of anilines is 1. The van der Waals surface area contributed by atoms with E-state index >= 15 is 0 Å². The standard InChI is InChI=1S/C15H19N3O5S/c1-3-17-24(21,22)11-4-5-12-10(6-11)7-13-14(8-16-9(2)19)23-15(20)18(12)13/h4-6,13-14,17H,3,7-8H2,1-2H3,(H,16,19)/t13-,14-/m0/s1. The van der Waals surface area contributed by atoms with Crippen molar-refractivity contribution < 1.29 is 22.7 Å². The minimum Gasteiger partial charge on any atom is -0.442 e. The van der Waals surface area contributed by atoms with Crippen molar-refractivity contribution in [3.05, 3.63) is 23.8 Å². The van der Waals surface area contributed by atoms with E-state index in [-0.39, 0.29) is 23.4 Å². The highest BCUT2D eigenvalue weighted by atomic mass is 32.2. The summed E-state index contributed by atoms with van der Waals surface area (Å²) in [4.78, 5) is 24.9. The second-order valence-corrected chi connectivity index (χ2v) is 7.56. The zero-order valence-corrected chi connectivity index (χ0v) is 14.2. The molecule has 130 valence electrons. The molecule has 1 aromatic carbocycles. The number of rotatable bonds is 5. The quantitative estimate of drug-likeness (QED) is 0.796. The number of benzene rings is 1. The van der Waals surface area contributed by atoms with E-state index in [1.165, 1.54) is 17.9 Å². The number of amides is 2. The van der Waals surface area contributed by atoms with Crippen LogP contribution in [0, 0.1) is 0 Å². The first-order valence-corrected chi connectivity index (χ1v) is 9.18. The number of hydrogen-bond donors (Lipinski definition) is 2. The molecule has 0 aliphatic carbocycles. The molecule has 8 nitrogen and oxygen atoms in total. The van der Waals surface area contributed by atoms with E-state index in [9.17, 15) is 18.0 Å². The van der Waals surface area contributed by atoms with Crippen LogP contribution in [0.2, 0.25) is 0 Å². The maximum atomic E-state index is 12.1. The van der Waals surface area contributed by atoms with Crippen molar-refractivity contribution in [1.29, 1.82) is 0 Å². The molecule has 2 N–H and O–H groups in total. The molecular formula is C15H19N3O5S. The zero-order valence-electron chi connectivity index (χ0n) is 13.4. The normalized spacial score (nSPS) is 22.1. The summed E-state index contributed by atoms with van der Waals surface area (Å²) in [6.07, 6.45) is -0.445. The summed E-state index contributed by atoms with van der Waals surface area (Å²) >= 11 is 0. The van der Waals surface area contributed by atoms with Crippen LogP contribution < -0.4 is 14.9 Å². The molecule has 1 aromatic rings. The molecule has 0 spiro atoms. The van der Waals surface area contributed by atoms with Crippen LogP contribution in [0.15, 0.2) is 23.1 Å². The van der Waals surface area contributed by atoms with Crippen molar-refractivity contribution in [2.24, 2.45) is 0 Å². The summed E-state index contributed by atoms with van der Waals surface area (Å²) in [5.41, 5.74) is 1.44. The number of cyclic esters (lactones) is 1. The third kappa shape index (κ3) is 2.84. The van der Waals surface area contributed by atoms with Crippen LogP contribution in [0.25, 0.3) is 0 Å². The molecule has 24 heavy (non-hydrogen) atoms. The molecule has 0 bridgehead atoms. The Kier molecular flexibility index (Phi) is 4.22. The van der Waals surface area contributed by atoms with Crippen molar-refractivity contribution in [3.8, 4) is 0 Å². The number of carbonyl (C=O) groups excluding carboxylic acids is 2. The molecule has 2 atom stereocenters. The van der Waals surface area contributed by atoms with E-state index in [2.05, 4.69) is 10.0 Å². The van der Waals surface area contributed by atoms with Crippen LogP contribution in [-0.4, -0.2) is 45.7 Å². The molecule has 3 rings (SSSR count). The molecule has 2 heterocycles. The molecular weight excluding hydrogens is 334 g/mol. The number of sulfonamides is 1. The molecule has 0 aromatic heterocycles. The van der Waals surface area contributed by atoms with E-state index < -0.39 is 22.2 Å². The van der Waals surface area contributed by atoms with Gasteiger partial charge < -0.3 is 10.1 Å². The minimum absolute atomic E-state index is 0.177. The number of hydrogen-bond acceptors (Lipinski definition) is 5. The van der Waals surface area contributed by atoms with Gasteiger partial charge in [0.05, 0.1) is 23.2 Å². The lowest BCUT2D eigenvalue weighted by Crippen LogP contribution is -2.40. The predicted molar refractivity (Wildman–Crippen MR) is 86.2 cm³/mol. The highest BCUT2D eigenvalue weighted by Crippen LogP contribution is 2.39. The molecule has 9 heteroatoms. The van der Waals surface area contributed by atoms with Crippen LogP contribution in [-0.2, 0) is 26.0 Å². The highest BCUT2D eigenvalue weighted by molar-refractivity contribution is 7.89. The first kappa shape index (κ1) is 16.7. The number of fused-ring (bicyclic) bond motifs is 3. The Balaban J connectivity index is 1.87. The Morgan fingerprint density at radius 2 is 2.17 bits per heavy atom. The van der Waals surface area contributed by atoms with Gasteiger partial charge in [-0.2, -0.15) is 0 Å². The van der Waals surface area contributed by atoms with Gasteiger partial charge in [0.2, 0.25) is 15.9 Å². The van der Waals surface area contributed by atoms with Gasteiger partial charge in [-0.25, -0.2) is 17.9 Å². The average molecular weight is 353 g/mol. The first-order valence-electron chi connectivity index (χ1n) is 7.70. The molecule has 1 saturated heterocycles. The second kappa shape index (κ2) is 6.06. The van der Waals surface area contributed by atoms with Crippen molar-refractivity contribution in [2.75, 3.05) is 18.0 Å². The van der Waals surface area contributed by atoms with Crippen LogP contribution in [0.1, 0.15) is 19.4 Å². The van der Waals surface area contributed by atoms with Gasteiger partial charge in [-0.1, -0.05) is 6.92 Å². The molecule has 2 aliphatic rings. The van der Waals surface area contributed by atoms with Crippen molar-refractivity contribution in [1.82, 2.24) is 10.0 Å². The molecule has 0 unspecified atom stereocenters. The Hall–Kier alpha value is -2.13. The number of nitrogens with one attached hydrogen (secondary N) is 2. The van der Waals surface area contributed by atoms with Crippen molar-refractivity contribution in [3.63, 3.8) is 0 Å². The van der Waals surface area contributed by atoms with Gasteiger partial charge in [0.25, 0.3) is 0 Å². The van der Waals surface area contributed by atoms with Crippen molar-refractivity contribution >= 4 is 27.7 Å². The van der Waals surface area contributed by atoms with Crippen LogP contribution >= 0.6 is 0 Å². The van der Waals surface area contributed by atoms with Crippen LogP contribution in [0.3, 0.4) is 0 Å². The molecule has 1 fully saturated rings. The van der Waals surface area contributed by atoms with Gasteiger partial charge in [0.1, 0.15) is 6.10 Å². The fraction of sp³-hybridized carbons (Fsp3) is 0.467. The first-order chi connectivity index (χ1) is 11.3. The summed E-state index contributed by atoms with van der Waals surface area (Å²) in [5, 5.41) is 2.65. The van der Waals surface area contributed by atoms with Gasteiger partial charge in [0.15, 0.2) is 0 Å². The lowest BCUT2D eigenvalue weighted by atomic mass is 10.1. The lowest BCUT2D eigenvalue weighted by molar-refractivity contribution is -0.119. The van der Waals surface area contributed by atoms with Gasteiger partial charge in [0, 0.05) is 13.5 Å². The summed E-state index contributed by atoms with van der Waals surface area (Å²) in [6.45, 7) is 3.65. The highest BCUT2D eigenvalue weighted by Gasteiger charge is 2.47. The third-order valence-electron chi connectivity index (χ3n) is 4.15. The van der Waals surface area contributed by atoms with Crippen LogP contribution in [0.4, 0.5) is 10.5 Å². The van der Waals surface area contributed by atoms with E-state index in [0.717, 1.165) is 5.56 Å². The Labute approximate surface area is 140 Å². The zero-order chi connectivity index (χ0) is 17.5. The molecule has 0 radical (unpaired) electrons. The van der Waals surface area contributed by atoms with E-state index in [0.29, 0.717) is 18.7 Å². The molecule has 0 saturated carbocycles. The monoisotopic (exact) mass is 353 g/mol. The van der Waals surface area contributed by atoms with Crippen molar-refractivity contribution in [2.45, 2.75) is 37.3 Å². The SMILES string of the molecule is CCNS(=O)(=O)c1ccc2c(c1)C[C@H]1[C@H](CNC(C)=O)OC(=O)N21. The number of nitrogens with zero attached hydrogens (tertiary/aromatic N) is 1. The smallest absolute Gasteiger partial charge is 0.415 e. The Bertz CT molecular complexity index is 792. The van der Waals surface area contributed by atoms with Gasteiger partial charge in [-0.15, -0.1) is 0 Å². The van der Waals surface area contributed by atoms with E-state index in [1.807, 2.05) is 0 Å². The average Bonchev–Trinajstić information content (AvgIpc) is 3.02. The largest absolute Gasteiger partial charge is 0.442 e. The van der Waals surface area contributed by atoms with Gasteiger partial charge in [-0.3, -0.25) is 9.69 Å². The lowest BCUT2D eigenvalue weighted by Gasteiger charge is -2.16. The van der Waals surface area contributed by atoms with Gasteiger partial charge in [-0.05, 0) is 30.2 Å². The fourth-order valence-electron chi connectivity index (χ4n) is 3.11. The molecule has 2 aliphatic heterocycles. The number of carbonyl (C=O) groups is 2. The molecule has 2 amide bonds. The second-order valence-electron chi connectivity index (χ2n) is 5.79. The summed E-state index contributed by atoms with van der Waals surface area (Å²) in [6, 6.07) is 4.46. The van der Waals surface area contributed by atoms with Crippen LogP contribution in [0.5, 0.6) is 0 Å².